The number of hydrogen-bond acceptors (Lipinski definition) is 3. The van der Waals surface area contributed by atoms with E-state index < -0.39 is 6.09 Å². The number of amides is 1. The number of alkyl carbamates (subject to hydrolysis) is 1. The largest absolute Gasteiger partial charge is 0.445 e. The van der Waals surface area contributed by atoms with Crippen LogP contribution in [0, 0.1) is 0 Å². The minimum absolute atomic E-state index is 0. The van der Waals surface area contributed by atoms with Gasteiger partial charge in [0.1, 0.15) is 12.4 Å². The van der Waals surface area contributed by atoms with Gasteiger partial charge in [-0.2, -0.15) is 0 Å². The second-order valence-electron chi connectivity index (χ2n) is 3.44. The number of ketones is 1. The van der Waals surface area contributed by atoms with Crippen molar-refractivity contribution in [2.45, 2.75) is 27.4 Å². The zero-order chi connectivity index (χ0) is 11.8. The van der Waals surface area contributed by atoms with Crippen LogP contribution in [0.5, 0.6) is 0 Å². The van der Waals surface area contributed by atoms with Gasteiger partial charge >= 0.3 is 6.09 Å². The van der Waals surface area contributed by atoms with Crippen molar-refractivity contribution in [1.29, 1.82) is 0 Å². The molecule has 1 rings (SSSR count). The van der Waals surface area contributed by atoms with Gasteiger partial charge in [0.05, 0.1) is 0 Å². The number of hydrogen-bond donors (Lipinski definition) is 1. The SMILES string of the molecule is C.CC(=O)CCNC(=O)OCc1ccccc1. The molecule has 0 aliphatic carbocycles. The molecule has 1 aromatic rings. The predicted octanol–water partition coefficient (Wildman–Crippen LogP) is 2.53. The maximum atomic E-state index is 11.2. The number of ether oxygens (including phenoxy) is 1. The zero-order valence-corrected chi connectivity index (χ0v) is 9.23. The van der Waals surface area contributed by atoms with E-state index in [0.29, 0.717) is 13.0 Å². The third kappa shape index (κ3) is 7.11. The Hall–Kier alpha value is -1.84. The first-order chi connectivity index (χ1) is 7.68. The molecule has 0 bridgehead atoms. The molecule has 0 aliphatic heterocycles. The van der Waals surface area contributed by atoms with E-state index >= 15 is 0 Å². The molecule has 0 unspecified atom stereocenters. The molecule has 0 atom stereocenters. The molecule has 0 aromatic heterocycles. The Morgan fingerprint density at radius 1 is 1.24 bits per heavy atom. The molecular weight excluding hydrogens is 218 g/mol. The number of nitrogens with one attached hydrogen (secondary N) is 1. The maximum absolute atomic E-state index is 11.2. The Kier molecular flexibility index (Phi) is 7.43. The van der Waals surface area contributed by atoms with Gasteiger partial charge in [0.25, 0.3) is 0 Å². The van der Waals surface area contributed by atoms with Crippen LogP contribution >= 0.6 is 0 Å². The molecule has 0 spiro atoms. The van der Waals surface area contributed by atoms with Crippen molar-refractivity contribution in [3.63, 3.8) is 0 Å². The average molecular weight is 237 g/mol. The number of Topliss-reactive ketones (excluding diaryl/α,β-unsaturated/α-hetero) is 1. The molecule has 1 amide bonds. The first-order valence-electron chi connectivity index (χ1n) is 5.12. The predicted molar refractivity (Wildman–Crippen MR) is 66.7 cm³/mol. The van der Waals surface area contributed by atoms with Gasteiger partial charge in [-0.1, -0.05) is 37.8 Å². The number of benzene rings is 1. The highest BCUT2D eigenvalue weighted by Crippen LogP contribution is 2.00. The molecule has 0 saturated heterocycles. The molecule has 1 aromatic carbocycles. The molecule has 4 heteroatoms. The van der Waals surface area contributed by atoms with Gasteiger partial charge in [-0.25, -0.2) is 4.79 Å². The van der Waals surface area contributed by atoms with E-state index in [1.807, 2.05) is 30.3 Å². The summed E-state index contributed by atoms with van der Waals surface area (Å²) in [6, 6.07) is 9.42. The molecule has 0 saturated carbocycles. The molecule has 4 nitrogen and oxygen atoms in total. The monoisotopic (exact) mass is 237 g/mol. The molecule has 0 heterocycles. The Labute approximate surface area is 102 Å². The second-order valence-corrected chi connectivity index (χ2v) is 3.44. The summed E-state index contributed by atoms with van der Waals surface area (Å²) in [7, 11) is 0. The van der Waals surface area contributed by atoms with E-state index in [2.05, 4.69) is 5.32 Å². The van der Waals surface area contributed by atoms with Gasteiger partial charge in [-0.15, -0.1) is 0 Å². The van der Waals surface area contributed by atoms with E-state index in [-0.39, 0.29) is 19.8 Å². The maximum Gasteiger partial charge on any atom is 0.407 e. The summed E-state index contributed by atoms with van der Waals surface area (Å²) in [5.41, 5.74) is 0.934. The summed E-state index contributed by atoms with van der Waals surface area (Å²) in [4.78, 5) is 21.8. The summed E-state index contributed by atoms with van der Waals surface area (Å²) >= 11 is 0. The van der Waals surface area contributed by atoms with E-state index in [4.69, 9.17) is 4.74 Å². The number of rotatable bonds is 5. The van der Waals surface area contributed by atoms with Gasteiger partial charge in [-0.3, -0.25) is 4.79 Å². The fourth-order valence-electron chi connectivity index (χ4n) is 1.11. The fraction of sp³-hybridized carbons (Fsp3) is 0.385. The molecule has 0 fully saturated rings. The van der Waals surface area contributed by atoms with Crippen molar-refractivity contribution in [3.05, 3.63) is 35.9 Å². The molecule has 0 aliphatic rings. The van der Waals surface area contributed by atoms with E-state index in [0.717, 1.165) is 5.56 Å². The Balaban J connectivity index is 0.00000256. The normalized spacial score (nSPS) is 9.00. The Morgan fingerprint density at radius 2 is 1.88 bits per heavy atom. The number of carbonyl (C=O) groups excluding carboxylic acids is 2. The van der Waals surface area contributed by atoms with Crippen LogP contribution < -0.4 is 5.32 Å². The molecular formula is C13H19NO3. The van der Waals surface area contributed by atoms with Crippen LogP contribution in [0.25, 0.3) is 0 Å². The fourth-order valence-corrected chi connectivity index (χ4v) is 1.11. The number of carbonyl (C=O) groups is 2. The third-order valence-electron chi connectivity index (χ3n) is 1.96. The van der Waals surface area contributed by atoms with Crippen LogP contribution in [-0.2, 0) is 16.1 Å². The van der Waals surface area contributed by atoms with Gasteiger partial charge < -0.3 is 10.1 Å². The van der Waals surface area contributed by atoms with Crippen molar-refractivity contribution in [2.24, 2.45) is 0 Å². The highest BCUT2D eigenvalue weighted by Gasteiger charge is 2.02. The van der Waals surface area contributed by atoms with Crippen molar-refractivity contribution in [1.82, 2.24) is 5.32 Å². The van der Waals surface area contributed by atoms with E-state index in [1.54, 1.807) is 0 Å². The van der Waals surface area contributed by atoms with Crippen LogP contribution in [0.1, 0.15) is 26.3 Å². The summed E-state index contributed by atoms with van der Waals surface area (Å²) in [6.45, 7) is 2.05. The van der Waals surface area contributed by atoms with Crippen LogP contribution in [0.3, 0.4) is 0 Å². The summed E-state index contributed by atoms with van der Waals surface area (Å²) in [5.74, 6) is 0.0448. The molecule has 94 valence electrons. The highest BCUT2D eigenvalue weighted by atomic mass is 16.5. The second kappa shape index (κ2) is 8.33. The lowest BCUT2D eigenvalue weighted by Gasteiger charge is -2.05. The van der Waals surface area contributed by atoms with Crippen LogP contribution in [0.15, 0.2) is 30.3 Å². The summed E-state index contributed by atoms with van der Waals surface area (Å²) in [5, 5.41) is 2.50. The first kappa shape index (κ1) is 15.2. The van der Waals surface area contributed by atoms with Gasteiger partial charge in [0, 0.05) is 13.0 Å². The molecule has 17 heavy (non-hydrogen) atoms. The van der Waals surface area contributed by atoms with E-state index in [9.17, 15) is 9.59 Å². The van der Waals surface area contributed by atoms with Gasteiger partial charge in [0.15, 0.2) is 0 Å². The Morgan fingerprint density at radius 3 is 2.47 bits per heavy atom. The third-order valence-corrected chi connectivity index (χ3v) is 1.96. The molecule has 1 N–H and O–H groups in total. The zero-order valence-electron chi connectivity index (χ0n) is 9.23. The van der Waals surface area contributed by atoms with E-state index in [1.165, 1.54) is 6.92 Å². The Bertz CT molecular complexity index is 349. The first-order valence-corrected chi connectivity index (χ1v) is 5.12. The smallest absolute Gasteiger partial charge is 0.407 e. The van der Waals surface area contributed by atoms with Gasteiger partial charge in [-0.05, 0) is 12.5 Å². The standard InChI is InChI=1S/C12H15NO3.CH4/c1-10(14)7-8-13-12(15)16-9-11-5-3-2-4-6-11;/h2-6H,7-9H2,1H3,(H,13,15);1H4. The molecule has 0 radical (unpaired) electrons. The van der Waals surface area contributed by atoms with Crippen LogP contribution in [0.2, 0.25) is 0 Å². The van der Waals surface area contributed by atoms with Crippen molar-refractivity contribution in [3.8, 4) is 0 Å². The van der Waals surface area contributed by atoms with Crippen molar-refractivity contribution in [2.75, 3.05) is 6.54 Å². The minimum Gasteiger partial charge on any atom is -0.445 e. The van der Waals surface area contributed by atoms with Crippen molar-refractivity contribution >= 4 is 11.9 Å². The lowest BCUT2D eigenvalue weighted by molar-refractivity contribution is -0.116. The topological polar surface area (TPSA) is 55.4 Å². The average Bonchev–Trinajstić information content (AvgIpc) is 2.27. The lowest BCUT2D eigenvalue weighted by Crippen LogP contribution is -2.26. The highest BCUT2D eigenvalue weighted by molar-refractivity contribution is 5.76. The van der Waals surface area contributed by atoms with Crippen molar-refractivity contribution < 1.29 is 14.3 Å². The minimum atomic E-state index is -0.495. The summed E-state index contributed by atoms with van der Waals surface area (Å²) < 4.78 is 4.95. The lowest BCUT2D eigenvalue weighted by atomic mass is 10.2. The van der Waals surface area contributed by atoms with Crippen LogP contribution in [-0.4, -0.2) is 18.4 Å². The van der Waals surface area contributed by atoms with Crippen LogP contribution in [0.4, 0.5) is 4.79 Å². The van der Waals surface area contributed by atoms with Gasteiger partial charge in [0.2, 0.25) is 0 Å². The summed E-state index contributed by atoms with van der Waals surface area (Å²) in [6.07, 6.45) is -0.162. The quantitative estimate of drug-likeness (QED) is 0.856.